The molecule has 3 aliphatic heterocycles. The van der Waals surface area contributed by atoms with E-state index in [0.29, 0.717) is 25.2 Å². The van der Waals surface area contributed by atoms with Crippen LogP contribution in [0.4, 0.5) is 4.39 Å². The van der Waals surface area contributed by atoms with Gasteiger partial charge in [0.1, 0.15) is 60.4 Å². The van der Waals surface area contributed by atoms with Gasteiger partial charge in [0.15, 0.2) is 12.6 Å². The zero-order chi connectivity index (χ0) is 29.9. The molecular formula is C28H41FO12. The lowest BCUT2D eigenvalue weighted by Crippen LogP contribution is -2.65. The second-order valence-electron chi connectivity index (χ2n) is 12.4. The number of halogens is 1. The van der Waals surface area contributed by atoms with Crippen LogP contribution in [0.15, 0.2) is 18.2 Å². The first kappa shape index (κ1) is 31.0. The fourth-order valence-electron chi connectivity index (χ4n) is 7.06. The lowest BCUT2D eigenvalue weighted by Gasteiger charge is -2.57. The third kappa shape index (κ3) is 5.29. The van der Waals surface area contributed by atoms with Crippen molar-refractivity contribution < 1.29 is 63.8 Å². The smallest absolute Gasteiger partial charge is 0.187 e. The molecule has 1 aliphatic carbocycles. The topological polar surface area (TPSA) is 188 Å². The summed E-state index contributed by atoms with van der Waals surface area (Å²) >= 11 is 0. The molecule has 0 spiro atoms. The van der Waals surface area contributed by atoms with E-state index < -0.39 is 86.1 Å². The molecule has 13 atom stereocenters. The maximum Gasteiger partial charge on any atom is 0.187 e. The fraction of sp³-hybridized carbons (Fsp3) is 0.786. The van der Waals surface area contributed by atoms with Crippen molar-refractivity contribution in [2.45, 2.75) is 107 Å². The molecule has 0 radical (unpaired) electrons. The van der Waals surface area contributed by atoms with Crippen LogP contribution in [0.5, 0.6) is 5.75 Å². The summed E-state index contributed by atoms with van der Waals surface area (Å²) < 4.78 is 43.3. The molecule has 1 saturated carbocycles. The summed E-state index contributed by atoms with van der Waals surface area (Å²) in [6.45, 7) is 5.15. The monoisotopic (exact) mass is 588 g/mol. The van der Waals surface area contributed by atoms with Crippen molar-refractivity contribution in [3.63, 3.8) is 0 Å². The lowest BCUT2D eigenvalue weighted by atomic mass is 9.52. The first-order chi connectivity index (χ1) is 19.3. The Morgan fingerprint density at radius 3 is 2.17 bits per heavy atom. The number of fused-ring (bicyclic) bond motifs is 3. The van der Waals surface area contributed by atoms with Crippen molar-refractivity contribution in [1.82, 2.24) is 0 Å². The Bertz CT molecular complexity index is 1070. The normalized spacial score (nSPS) is 45.8. The zero-order valence-corrected chi connectivity index (χ0v) is 23.2. The van der Waals surface area contributed by atoms with E-state index in [1.54, 1.807) is 6.07 Å². The average molecular weight is 589 g/mol. The van der Waals surface area contributed by atoms with Crippen LogP contribution in [-0.4, -0.2) is 123 Å². The standard InChI is InChI=1S/C28H41FO12/c1-27(2)17-11-37-14-5-4-12(29)8-13(14)28(17,3)7-6-18(27)40-25-23(36)21(34)24(16(10-31)39-25)41-26-22(35)20(33)19(32)15(9-30)38-26/h4-5,8,15-26,30-36H,6-7,9-11H2,1-3H3/t15-,16-,17-,18+,19+,20+,21-,22-,23-,24-,25+,26+,28-/m1/s1. The highest BCUT2D eigenvalue weighted by molar-refractivity contribution is 5.43. The molecule has 232 valence electrons. The van der Waals surface area contributed by atoms with E-state index in [1.165, 1.54) is 12.1 Å². The first-order valence-corrected chi connectivity index (χ1v) is 14.0. The van der Waals surface area contributed by atoms with E-state index in [2.05, 4.69) is 6.92 Å². The van der Waals surface area contributed by atoms with E-state index in [-0.39, 0.29) is 17.2 Å². The SMILES string of the molecule is CC1(C)[C@@H](O[C@@H]2O[C@H](CO)[C@@H](O[C@@H]3O[C@H](CO)[C@H](O)[C@H](O)[C@H]3O)[C@H](O)[C@H]2O)CC[C@]2(C)c3cc(F)ccc3OC[C@H]12. The van der Waals surface area contributed by atoms with Gasteiger partial charge in [0.05, 0.1) is 25.9 Å². The number of rotatable bonds is 6. The van der Waals surface area contributed by atoms with Crippen molar-refractivity contribution in [2.24, 2.45) is 11.3 Å². The largest absolute Gasteiger partial charge is 0.493 e. The molecule has 12 nitrogen and oxygen atoms in total. The second-order valence-corrected chi connectivity index (χ2v) is 12.4. The summed E-state index contributed by atoms with van der Waals surface area (Å²) in [4.78, 5) is 0. The van der Waals surface area contributed by atoms with Crippen LogP contribution < -0.4 is 4.74 Å². The van der Waals surface area contributed by atoms with Gasteiger partial charge < -0.3 is 59.4 Å². The van der Waals surface area contributed by atoms with Crippen molar-refractivity contribution in [1.29, 1.82) is 0 Å². The number of hydrogen-bond acceptors (Lipinski definition) is 12. The maximum absolute atomic E-state index is 14.2. The molecule has 7 N–H and O–H groups in total. The Morgan fingerprint density at radius 1 is 0.854 bits per heavy atom. The molecule has 3 heterocycles. The minimum Gasteiger partial charge on any atom is -0.493 e. The molecule has 0 amide bonds. The highest BCUT2D eigenvalue weighted by Gasteiger charge is 2.57. The highest BCUT2D eigenvalue weighted by Crippen LogP contribution is 2.57. The Balaban J connectivity index is 1.30. The van der Waals surface area contributed by atoms with Gasteiger partial charge in [0.25, 0.3) is 0 Å². The zero-order valence-electron chi connectivity index (χ0n) is 23.2. The third-order valence-electron chi connectivity index (χ3n) is 9.64. The minimum absolute atomic E-state index is 0.0791. The molecule has 3 fully saturated rings. The van der Waals surface area contributed by atoms with Crippen molar-refractivity contribution in [2.75, 3.05) is 19.8 Å². The molecule has 0 unspecified atom stereocenters. The molecule has 1 aromatic rings. The van der Waals surface area contributed by atoms with Gasteiger partial charge in [-0.05, 0) is 36.5 Å². The van der Waals surface area contributed by atoms with Crippen LogP contribution in [0.2, 0.25) is 0 Å². The van der Waals surface area contributed by atoms with Crippen LogP contribution in [0.25, 0.3) is 0 Å². The summed E-state index contributed by atoms with van der Waals surface area (Å²) in [7, 11) is 0. The van der Waals surface area contributed by atoms with Gasteiger partial charge in [-0.2, -0.15) is 0 Å². The molecular weight excluding hydrogens is 547 g/mol. The molecule has 5 rings (SSSR count). The van der Waals surface area contributed by atoms with Gasteiger partial charge in [-0.3, -0.25) is 0 Å². The maximum atomic E-state index is 14.2. The van der Waals surface area contributed by atoms with Crippen LogP contribution in [0.1, 0.15) is 39.2 Å². The Kier molecular flexibility index (Phi) is 8.71. The molecule has 1 aromatic carbocycles. The molecule has 2 saturated heterocycles. The van der Waals surface area contributed by atoms with Crippen molar-refractivity contribution in [3.05, 3.63) is 29.6 Å². The number of aliphatic hydroxyl groups excluding tert-OH is 7. The highest BCUT2D eigenvalue weighted by atomic mass is 19.1. The Hall–Kier alpha value is -1.49. The number of ether oxygens (including phenoxy) is 5. The van der Waals surface area contributed by atoms with Crippen LogP contribution in [0, 0.1) is 17.2 Å². The van der Waals surface area contributed by atoms with Crippen molar-refractivity contribution >= 4 is 0 Å². The molecule has 0 bridgehead atoms. The molecule has 4 aliphatic rings. The van der Waals surface area contributed by atoms with Crippen LogP contribution in [0.3, 0.4) is 0 Å². The second kappa shape index (κ2) is 11.5. The molecule has 0 aromatic heterocycles. The van der Waals surface area contributed by atoms with E-state index in [9.17, 15) is 40.1 Å². The summed E-state index contributed by atoms with van der Waals surface area (Å²) in [5.74, 6) is 0.240. The average Bonchev–Trinajstić information content (AvgIpc) is 2.94. The van der Waals surface area contributed by atoms with E-state index in [0.717, 1.165) is 5.56 Å². The number of benzene rings is 1. The fourth-order valence-corrected chi connectivity index (χ4v) is 7.06. The summed E-state index contributed by atoms with van der Waals surface area (Å²) in [6.07, 6.45) is -14.5. The van der Waals surface area contributed by atoms with Gasteiger partial charge in [-0.25, -0.2) is 4.39 Å². The van der Waals surface area contributed by atoms with Gasteiger partial charge in [0.2, 0.25) is 0 Å². The number of aliphatic hydroxyl groups is 7. The van der Waals surface area contributed by atoms with Crippen LogP contribution in [-0.2, 0) is 24.4 Å². The van der Waals surface area contributed by atoms with Crippen molar-refractivity contribution in [3.8, 4) is 5.75 Å². The van der Waals surface area contributed by atoms with E-state index in [1.807, 2.05) is 13.8 Å². The van der Waals surface area contributed by atoms with Gasteiger partial charge in [0, 0.05) is 16.9 Å². The predicted octanol–water partition coefficient (Wildman–Crippen LogP) is -1.08. The third-order valence-corrected chi connectivity index (χ3v) is 9.64. The van der Waals surface area contributed by atoms with Gasteiger partial charge >= 0.3 is 0 Å². The summed E-state index contributed by atoms with van der Waals surface area (Å²) in [5, 5.41) is 71.9. The van der Waals surface area contributed by atoms with E-state index in [4.69, 9.17) is 23.7 Å². The van der Waals surface area contributed by atoms with Crippen LogP contribution >= 0.6 is 0 Å². The summed E-state index contributed by atoms with van der Waals surface area (Å²) in [6, 6.07) is 4.54. The van der Waals surface area contributed by atoms with Gasteiger partial charge in [-0.15, -0.1) is 0 Å². The lowest BCUT2D eigenvalue weighted by molar-refractivity contribution is -0.367. The molecule has 41 heavy (non-hydrogen) atoms. The summed E-state index contributed by atoms with van der Waals surface area (Å²) in [5.41, 5.74) is -0.121. The van der Waals surface area contributed by atoms with Gasteiger partial charge in [-0.1, -0.05) is 20.8 Å². The number of hydrogen-bond donors (Lipinski definition) is 7. The Morgan fingerprint density at radius 2 is 1.49 bits per heavy atom. The quantitative estimate of drug-likeness (QED) is 0.213. The Labute approximate surface area is 237 Å². The minimum atomic E-state index is -1.75. The predicted molar refractivity (Wildman–Crippen MR) is 137 cm³/mol. The first-order valence-electron chi connectivity index (χ1n) is 14.0. The molecule has 13 heteroatoms. The van der Waals surface area contributed by atoms with E-state index >= 15 is 0 Å².